The molecular formula is C19H27N5O4S. The molecule has 0 saturated carbocycles. The van der Waals surface area contributed by atoms with E-state index in [1.54, 1.807) is 0 Å². The molecule has 10 heteroatoms. The summed E-state index contributed by atoms with van der Waals surface area (Å²) in [4.78, 5) is 24.2. The summed E-state index contributed by atoms with van der Waals surface area (Å²) in [5.74, 6) is 6.56. The van der Waals surface area contributed by atoms with Crippen LogP contribution in [-0.4, -0.2) is 52.3 Å². The summed E-state index contributed by atoms with van der Waals surface area (Å²) in [6.07, 6.45) is 0.732. The van der Waals surface area contributed by atoms with Gasteiger partial charge in [0.25, 0.3) is 0 Å². The fourth-order valence-electron chi connectivity index (χ4n) is 2.58. The quantitative estimate of drug-likeness (QED) is 0.339. The highest BCUT2D eigenvalue weighted by atomic mass is 32.2. The molecule has 158 valence electrons. The van der Waals surface area contributed by atoms with Crippen molar-refractivity contribution in [3.63, 3.8) is 0 Å². The highest BCUT2D eigenvalue weighted by molar-refractivity contribution is 7.99. The number of benzene rings is 1. The summed E-state index contributed by atoms with van der Waals surface area (Å²) in [6, 6.07) is 6.65. The van der Waals surface area contributed by atoms with Gasteiger partial charge in [-0.25, -0.2) is 9.47 Å². The third-order valence-corrected chi connectivity index (χ3v) is 5.35. The average molecular weight is 422 g/mol. The van der Waals surface area contributed by atoms with Crippen molar-refractivity contribution in [2.45, 2.75) is 38.4 Å². The van der Waals surface area contributed by atoms with Crippen LogP contribution >= 0.6 is 11.8 Å². The van der Waals surface area contributed by atoms with Gasteiger partial charge in [-0.2, -0.15) is 0 Å². The Balaban J connectivity index is 2.00. The molecular weight excluding hydrogens is 394 g/mol. The van der Waals surface area contributed by atoms with Gasteiger partial charge in [-0.1, -0.05) is 32.0 Å². The van der Waals surface area contributed by atoms with E-state index in [0.717, 1.165) is 29.5 Å². The monoisotopic (exact) mass is 421 g/mol. The summed E-state index contributed by atoms with van der Waals surface area (Å²) in [7, 11) is 1.30. The van der Waals surface area contributed by atoms with Gasteiger partial charge in [-0.05, 0) is 37.1 Å². The first kappa shape index (κ1) is 22.5. The molecule has 0 saturated heterocycles. The molecule has 0 bridgehead atoms. The lowest BCUT2D eigenvalue weighted by molar-refractivity contribution is -0.146. The molecule has 1 heterocycles. The first-order valence-electron chi connectivity index (χ1n) is 9.34. The number of hydrogen-bond donors (Lipinski definition) is 2. The molecule has 0 spiro atoms. The Hall–Kier alpha value is -2.75. The van der Waals surface area contributed by atoms with Gasteiger partial charge in [-0.3, -0.25) is 4.79 Å². The van der Waals surface area contributed by atoms with Crippen molar-refractivity contribution in [1.82, 2.24) is 20.2 Å². The second-order valence-electron chi connectivity index (χ2n) is 6.38. The Kier molecular flexibility index (Phi) is 8.32. The minimum atomic E-state index is -0.687. The number of amides is 1. The maximum Gasteiger partial charge on any atom is 0.328 e. The van der Waals surface area contributed by atoms with E-state index in [4.69, 9.17) is 15.3 Å². The van der Waals surface area contributed by atoms with Crippen LogP contribution < -0.4 is 15.9 Å². The van der Waals surface area contributed by atoms with Crippen LogP contribution in [0.2, 0.25) is 0 Å². The molecule has 2 aromatic rings. The number of nitrogen functional groups attached to an aromatic ring is 1. The predicted octanol–water partition coefficient (Wildman–Crippen LogP) is 1.85. The summed E-state index contributed by atoms with van der Waals surface area (Å²) in [5, 5.41) is 11.3. The second-order valence-corrected chi connectivity index (χ2v) is 7.32. The number of hydrogen-bond acceptors (Lipinski definition) is 8. The molecule has 9 nitrogen and oxygen atoms in total. The molecule has 0 fully saturated rings. The van der Waals surface area contributed by atoms with Crippen molar-refractivity contribution in [3.8, 4) is 17.1 Å². The normalized spacial score (nSPS) is 12.8. The van der Waals surface area contributed by atoms with E-state index < -0.39 is 12.0 Å². The van der Waals surface area contributed by atoms with E-state index in [2.05, 4.69) is 15.5 Å². The molecule has 3 N–H and O–H groups in total. The van der Waals surface area contributed by atoms with Gasteiger partial charge in [0, 0.05) is 5.56 Å². The molecule has 2 atom stereocenters. The van der Waals surface area contributed by atoms with E-state index in [1.165, 1.54) is 11.8 Å². The van der Waals surface area contributed by atoms with Crippen molar-refractivity contribution in [1.29, 1.82) is 0 Å². The van der Waals surface area contributed by atoms with Gasteiger partial charge in [0.2, 0.25) is 11.1 Å². The number of ether oxygens (including phenoxy) is 2. The van der Waals surface area contributed by atoms with Crippen LogP contribution in [0.25, 0.3) is 11.4 Å². The highest BCUT2D eigenvalue weighted by Crippen LogP contribution is 2.23. The van der Waals surface area contributed by atoms with Crippen molar-refractivity contribution in [2.75, 3.05) is 25.3 Å². The van der Waals surface area contributed by atoms with Gasteiger partial charge < -0.3 is 20.6 Å². The minimum absolute atomic E-state index is 0.0409. The Morgan fingerprint density at radius 1 is 1.24 bits per heavy atom. The lowest BCUT2D eigenvalue weighted by atomic mass is 9.99. The number of carbonyl (C=O) groups excluding carboxylic acids is 2. The standard InChI is InChI=1S/C19H27N5O4S/c1-5-12(3)16(18(26)27-4)21-15(25)11-29-19-23-22-17(24(19)20)13-7-9-14(10-8-13)28-6-2/h7-10,12,16H,5-6,11,20H2,1-4H3,(H,21,25)/t12-,16-/m1/s1. The molecule has 0 aliphatic rings. The molecule has 0 aliphatic carbocycles. The third kappa shape index (κ3) is 5.86. The SMILES string of the molecule is CCOc1ccc(-c2nnc(SCC(=O)N[C@@H](C(=O)OC)[C@H](C)CC)n2N)cc1. The largest absolute Gasteiger partial charge is 0.494 e. The zero-order valence-corrected chi connectivity index (χ0v) is 17.9. The summed E-state index contributed by atoms with van der Waals surface area (Å²) >= 11 is 1.14. The Morgan fingerprint density at radius 2 is 1.93 bits per heavy atom. The van der Waals surface area contributed by atoms with E-state index in [9.17, 15) is 9.59 Å². The van der Waals surface area contributed by atoms with Crippen LogP contribution in [0.4, 0.5) is 0 Å². The van der Waals surface area contributed by atoms with E-state index >= 15 is 0 Å². The van der Waals surface area contributed by atoms with Crippen molar-refractivity contribution >= 4 is 23.6 Å². The maximum atomic E-state index is 12.3. The Labute approximate surface area is 174 Å². The lowest BCUT2D eigenvalue weighted by Gasteiger charge is -2.21. The van der Waals surface area contributed by atoms with Gasteiger partial charge in [-0.15, -0.1) is 10.2 Å². The number of aromatic nitrogens is 3. The fourth-order valence-corrected chi connectivity index (χ4v) is 3.25. The molecule has 2 rings (SSSR count). The van der Waals surface area contributed by atoms with Crippen molar-refractivity contribution < 1.29 is 19.1 Å². The predicted molar refractivity (Wildman–Crippen MR) is 111 cm³/mol. The van der Waals surface area contributed by atoms with Gasteiger partial charge in [0.1, 0.15) is 11.8 Å². The van der Waals surface area contributed by atoms with Crippen molar-refractivity contribution in [3.05, 3.63) is 24.3 Å². The first-order valence-corrected chi connectivity index (χ1v) is 10.3. The third-order valence-electron chi connectivity index (χ3n) is 4.41. The van der Waals surface area contributed by atoms with Crippen LogP contribution in [0.3, 0.4) is 0 Å². The van der Waals surface area contributed by atoms with Gasteiger partial charge in [0.05, 0.1) is 19.5 Å². The molecule has 0 aliphatic heterocycles. The number of carbonyl (C=O) groups is 2. The topological polar surface area (TPSA) is 121 Å². The number of methoxy groups -OCH3 is 1. The Morgan fingerprint density at radius 3 is 2.52 bits per heavy atom. The minimum Gasteiger partial charge on any atom is -0.494 e. The maximum absolute atomic E-state index is 12.3. The molecule has 1 aromatic carbocycles. The molecule has 1 aromatic heterocycles. The second kappa shape index (κ2) is 10.7. The number of nitrogens with zero attached hydrogens (tertiary/aromatic N) is 3. The van der Waals surface area contributed by atoms with Crippen LogP contribution in [0.1, 0.15) is 27.2 Å². The van der Waals surface area contributed by atoms with E-state index in [1.807, 2.05) is 45.0 Å². The molecule has 0 unspecified atom stereocenters. The average Bonchev–Trinajstić information content (AvgIpc) is 3.10. The smallest absolute Gasteiger partial charge is 0.328 e. The van der Waals surface area contributed by atoms with Gasteiger partial charge >= 0.3 is 5.97 Å². The van der Waals surface area contributed by atoms with Crippen LogP contribution in [-0.2, 0) is 14.3 Å². The van der Waals surface area contributed by atoms with Crippen LogP contribution in [0.5, 0.6) is 5.75 Å². The highest BCUT2D eigenvalue weighted by Gasteiger charge is 2.26. The van der Waals surface area contributed by atoms with E-state index in [0.29, 0.717) is 17.6 Å². The lowest BCUT2D eigenvalue weighted by Crippen LogP contribution is -2.46. The first-order chi connectivity index (χ1) is 13.9. The summed E-state index contributed by atoms with van der Waals surface area (Å²) in [6.45, 7) is 6.33. The number of thioether (sulfide) groups is 1. The molecule has 29 heavy (non-hydrogen) atoms. The number of esters is 1. The summed E-state index contributed by atoms with van der Waals surface area (Å²) < 4.78 is 11.5. The zero-order valence-electron chi connectivity index (χ0n) is 17.0. The zero-order chi connectivity index (χ0) is 21.4. The van der Waals surface area contributed by atoms with Crippen molar-refractivity contribution in [2.24, 2.45) is 5.92 Å². The van der Waals surface area contributed by atoms with Gasteiger partial charge in [0.15, 0.2) is 5.82 Å². The molecule has 1 amide bonds. The number of rotatable bonds is 10. The Bertz CT molecular complexity index is 825. The number of nitrogens with one attached hydrogen (secondary N) is 1. The number of nitrogens with two attached hydrogens (primary N) is 1. The van der Waals surface area contributed by atoms with Crippen LogP contribution in [0.15, 0.2) is 29.4 Å². The van der Waals surface area contributed by atoms with Crippen LogP contribution in [0, 0.1) is 5.92 Å². The summed E-state index contributed by atoms with van der Waals surface area (Å²) in [5.41, 5.74) is 0.780. The molecule has 0 radical (unpaired) electrons. The fraction of sp³-hybridized carbons (Fsp3) is 0.474. The van der Waals surface area contributed by atoms with E-state index in [-0.39, 0.29) is 17.6 Å².